The number of amides is 1. The number of halogens is 2. The zero-order chi connectivity index (χ0) is 28.8. The molecule has 0 N–H and O–H groups in total. The average Bonchev–Trinajstić information content (AvgIpc) is 3.17. The molecule has 0 atom stereocenters. The summed E-state index contributed by atoms with van der Waals surface area (Å²) in [4.78, 5) is 28.5. The normalized spacial score (nSPS) is 13.9. The second-order valence-electron chi connectivity index (χ2n) is 8.41. The van der Waals surface area contributed by atoms with Crippen molar-refractivity contribution in [3.8, 4) is 17.6 Å². The molecular weight excluding hydrogens is 573 g/mol. The summed E-state index contributed by atoms with van der Waals surface area (Å²) in [6.45, 7) is 1.96. The van der Waals surface area contributed by atoms with Crippen LogP contribution in [0.25, 0.3) is 6.08 Å². The van der Waals surface area contributed by atoms with Gasteiger partial charge in [0.1, 0.15) is 18.8 Å². The van der Waals surface area contributed by atoms with Crippen molar-refractivity contribution < 1.29 is 23.8 Å². The zero-order valence-corrected chi connectivity index (χ0v) is 23.8. The molecule has 1 aliphatic rings. The molecule has 0 aliphatic carbocycles. The van der Waals surface area contributed by atoms with Crippen LogP contribution < -0.4 is 14.4 Å². The minimum Gasteiger partial charge on any atom is -0.490 e. The van der Waals surface area contributed by atoms with Crippen LogP contribution in [0.5, 0.6) is 11.5 Å². The van der Waals surface area contributed by atoms with E-state index in [0.717, 1.165) is 0 Å². The molecule has 1 heterocycles. The lowest BCUT2D eigenvalue weighted by Gasteiger charge is -2.19. The third-order valence-electron chi connectivity index (χ3n) is 5.88. The van der Waals surface area contributed by atoms with Crippen molar-refractivity contribution in [3.05, 3.63) is 93.1 Å². The minimum atomic E-state index is -0.576. The van der Waals surface area contributed by atoms with E-state index in [1.165, 1.54) is 16.9 Å². The van der Waals surface area contributed by atoms with Crippen LogP contribution in [0.1, 0.15) is 23.6 Å². The molecule has 0 bridgehead atoms. The Kier molecular flexibility index (Phi) is 9.27. The molecule has 0 unspecified atom stereocenters. The van der Waals surface area contributed by atoms with Gasteiger partial charge in [-0.25, -0.2) is 0 Å². The number of carbonyl (C=O) groups is 2. The van der Waals surface area contributed by atoms with Gasteiger partial charge in [-0.2, -0.15) is 5.26 Å². The summed E-state index contributed by atoms with van der Waals surface area (Å²) in [5.41, 5.74) is 2.33. The van der Waals surface area contributed by atoms with Gasteiger partial charge in [-0.15, -0.1) is 0 Å². The van der Waals surface area contributed by atoms with Gasteiger partial charge in [0, 0.05) is 10.6 Å². The summed E-state index contributed by atoms with van der Waals surface area (Å²) in [5, 5.41) is 10.2. The highest BCUT2D eigenvalue weighted by Gasteiger charge is 2.40. The van der Waals surface area contributed by atoms with Crippen molar-refractivity contribution in [2.75, 3.05) is 25.2 Å². The predicted molar refractivity (Wildman–Crippen MR) is 156 cm³/mol. The van der Waals surface area contributed by atoms with Gasteiger partial charge in [0.15, 0.2) is 16.6 Å². The number of methoxy groups -OCH3 is 1. The number of carbonyl (C=O) groups excluding carboxylic acids is 2. The quantitative estimate of drug-likeness (QED) is 0.169. The molecule has 1 saturated heterocycles. The van der Waals surface area contributed by atoms with Crippen LogP contribution in [-0.2, 0) is 20.9 Å². The second kappa shape index (κ2) is 12.8. The Hall–Kier alpha value is -4.10. The lowest BCUT2D eigenvalue weighted by Crippen LogP contribution is -2.35. The molecule has 0 aromatic heterocycles. The molecule has 0 radical (unpaired) electrons. The third-order valence-corrected chi connectivity index (χ3v) is 6.82. The predicted octanol–water partition coefficient (Wildman–Crippen LogP) is 5.99. The van der Waals surface area contributed by atoms with Crippen LogP contribution in [0.15, 0.2) is 66.4 Å². The second-order valence-corrected chi connectivity index (χ2v) is 9.62. The summed E-state index contributed by atoms with van der Waals surface area (Å²) in [7, 11) is 1.26. The monoisotopic (exact) mass is 595 g/mol. The Morgan fingerprint density at radius 3 is 2.50 bits per heavy atom. The third kappa shape index (κ3) is 6.20. The fraction of sp³-hybridized carbons (Fsp3) is 0.172. The Labute approximate surface area is 246 Å². The molecule has 4 rings (SSSR count). The molecule has 0 spiro atoms. The van der Waals surface area contributed by atoms with E-state index in [1.807, 2.05) is 13.0 Å². The van der Waals surface area contributed by atoms with Crippen LogP contribution >= 0.6 is 35.4 Å². The highest BCUT2D eigenvalue weighted by molar-refractivity contribution is 7.80. The van der Waals surface area contributed by atoms with Gasteiger partial charge in [-0.1, -0.05) is 41.4 Å². The maximum Gasteiger partial charge on any atom is 0.325 e. The molecule has 8 nitrogen and oxygen atoms in total. The molecule has 204 valence electrons. The first-order valence-electron chi connectivity index (χ1n) is 12.0. The number of nitriles is 1. The van der Waals surface area contributed by atoms with Crippen LogP contribution in [0.4, 0.5) is 5.69 Å². The number of benzene rings is 3. The van der Waals surface area contributed by atoms with Crippen molar-refractivity contribution in [1.82, 2.24) is 4.90 Å². The first-order valence-corrected chi connectivity index (χ1v) is 13.2. The van der Waals surface area contributed by atoms with E-state index in [1.54, 1.807) is 60.7 Å². The molecule has 0 saturated carbocycles. The summed E-state index contributed by atoms with van der Waals surface area (Å²) >= 11 is 18.2. The van der Waals surface area contributed by atoms with Crippen LogP contribution in [-0.4, -0.2) is 42.2 Å². The molecule has 1 aliphatic heterocycles. The fourth-order valence-corrected chi connectivity index (χ4v) is 4.73. The minimum absolute atomic E-state index is 0.0969. The number of esters is 1. The Balaban J connectivity index is 1.72. The molecular formula is C29H23Cl2N3O5S. The number of thiocarbonyl (C=S) groups is 1. The molecule has 1 amide bonds. The Morgan fingerprint density at radius 2 is 1.82 bits per heavy atom. The summed E-state index contributed by atoms with van der Waals surface area (Å²) < 4.78 is 16.6. The van der Waals surface area contributed by atoms with Crippen molar-refractivity contribution in [3.63, 3.8) is 0 Å². The van der Waals surface area contributed by atoms with Crippen molar-refractivity contribution >= 4 is 64.2 Å². The largest absolute Gasteiger partial charge is 0.490 e. The van der Waals surface area contributed by atoms with Crippen molar-refractivity contribution in [1.29, 1.82) is 5.26 Å². The smallest absolute Gasteiger partial charge is 0.325 e. The van der Waals surface area contributed by atoms with E-state index in [-0.39, 0.29) is 29.0 Å². The number of nitrogens with zero attached hydrogens (tertiary/aromatic N) is 3. The SMILES string of the molecule is CCOc1cc(/C=C2/C(=O)N(c3ccc(Cl)cc3)C(=S)N2CC(=O)OC)cc(Cl)c1OCc1ccccc1C#N. The van der Waals surface area contributed by atoms with Gasteiger partial charge >= 0.3 is 5.97 Å². The summed E-state index contributed by atoms with van der Waals surface area (Å²) in [6, 6.07) is 19.1. The van der Waals surface area contributed by atoms with E-state index in [2.05, 4.69) is 6.07 Å². The van der Waals surface area contributed by atoms with Crippen molar-refractivity contribution in [2.45, 2.75) is 13.5 Å². The van der Waals surface area contributed by atoms with E-state index in [4.69, 9.17) is 49.6 Å². The van der Waals surface area contributed by atoms with Crippen LogP contribution in [0.2, 0.25) is 10.0 Å². The molecule has 3 aromatic carbocycles. The molecule has 1 fully saturated rings. The standard InChI is InChI=1S/C29H23Cl2N3O5S/c1-3-38-25-14-18(12-23(31)27(25)39-17-20-7-5-4-6-19(20)15-32)13-24-28(36)34(22-10-8-21(30)9-11-22)29(40)33(24)16-26(35)37-2/h4-14H,3,16-17H2,1-2H3/b24-13-. The first kappa shape index (κ1) is 28.9. The van der Waals surface area contributed by atoms with Gasteiger partial charge in [0.25, 0.3) is 5.91 Å². The van der Waals surface area contributed by atoms with Gasteiger partial charge in [-0.3, -0.25) is 14.5 Å². The number of anilines is 1. The Bertz CT molecular complexity index is 1540. The number of rotatable bonds is 9. The molecule has 3 aromatic rings. The summed E-state index contributed by atoms with van der Waals surface area (Å²) in [6.07, 6.45) is 1.57. The van der Waals surface area contributed by atoms with Gasteiger partial charge in [-0.05, 0) is 73.2 Å². The molecule has 11 heteroatoms. The van der Waals surface area contributed by atoms with Crippen molar-refractivity contribution in [2.24, 2.45) is 0 Å². The van der Waals surface area contributed by atoms with Gasteiger partial charge < -0.3 is 19.1 Å². The highest BCUT2D eigenvalue weighted by Crippen LogP contribution is 2.39. The number of hydrogen-bond acceptors (Lipinski definition) is 7. The van der Waals surface area contributed by atoms with Crippen LogP contribution in [0, 0.1) is 11.3 Å². The van der Waals surface area contributed by atoms with E-state index >= 15 is 0 Å². The lowest BCUT2D eigenvalue weighted by atomic mass is 10.1. The first-order chi connectivity index (χ1) is 19.3. The maximum absolute atomic E-state index is 13.6. The van der Waals surface area contributed by atoms with Gasteiger partial charge in [0.2, 0.25) is 0 Å². The van der Waals surface area contributed by atoms with E-state index < -0.39 is 11.9 Å². The van der Waals surface area contributed by atoms with E-state index in [9.17, 15) is 14.9 Å². The Morgan fingerprint density at radius 1 is 1.10 bits per heavy atom. The number of hydrogen-bond donors (Lipinski definition) is 0. The highest BCUT2D eigenvalue weighted by atomic mass is 35.5. The zero-order valence-electron chi connectivity index (χ0n) is 21.5. The lowest BCUT2D eigenvalue weighted by molar-refractivity contribution is -0.140. The number of ether oxygens (including phenoxy) is 3. The fourth-order valence-electron chi connectivity index (χ4n) is 3.98. The summed E-state index contributed by atoms with van der Waals surface area (Å²) in [5.74, 6) is -0.383. The average molecular weight is 596 g/mol. The maximum atomic E-state index is 13.6. The van der Waals surface area contributed by atoms with E-state index in [0.29, 0.717) is 45.5 Å². The topological polar surface area (TPSA) is 92.1 Å². The molecule has 40 heavy (non-hydrogen) atoms. The van der Waals surface area contributed by atoms with Gasteiger partial charge in [0.05, 0.1) is 36.1 Å². The van der Waals surface area contributed by atoms with Crippen LogP contribution in [0.3, 0.4) is 0 Å².